The number of rotatable bonds is 1. The van der Waals surface area contributed by atoms with Gasteiger partial charge in [0.25, 0.3) is 0 Å². The van der Waals surface area contributed by atoms with E-state index in [0.717, 1.165) is 18.7 Å². The summed E-state index contributed by atoms with van der Waals surface area (Å²) in [6, 6.07) is 3.53. The van der Waals surface area contributed by atoms with Crippen molar-refractivity contribution in [2.24, 2.45) is 0 Å². The highest BCUT2D eigenvalue weighted by Gasteiger charge is 2.47. The molecule has 1 aromatic carbocycles. The van der Waals surface area contributed by atoms with Crippen molar-refractivity contribution in [3.8, 4) is 17.2 Å². The maximum absolute atomic E-state index is 11.0. The Balaban J connectivity index is 1.72. The molecule has 3 aliphatic heterocycles. The molecule has 2 unspecified atom stereocenters. The number of hydrogen-bond acceptors (Lipinski definition) is 6. The predicted octanol–water partition coefficient (Wildman–Crippen LogP) is 1.32. The van der Waals surface area contributed by atoms with Crippen LogP contribution < -0.4 is 14.2 Å². The van der Waals surface area contributed by atoms with E-state index in [1.165, 1.54) is 0 Å². The van der Waals surface area contributed by atoms with Crippen LogP contribution in [-0.4, -0.2) is 54.7 Å². The minimum atomic E-state index is -0.633. The molecule has 0 radical (unpaired) electrons. The first-order chi connectivity index (χ1) is 10.6. The van der Waals surface area contributed by atoms with E-state index in [2.05, 4.69) is 4.90 Å². The minimum absolute atomic E-state index is 0.121. The monoisotopic (exact) mass is 307 g/mol. The lowest BCUT2D eigenvalue weighted by molar-refractivity contribution is -0.106. The summed E-state index contributed by atoms with van der Waals surface area (Å²) in [6.07, 6.45) is -0.633. The zero-order valence-electron chi connectivity index (χ0n) is 12.9. The van der Waals surface area contributed by atoms with Crippen LogP contribution in [0.3, 0.4) is 0 Å². The Hall–Kier alpha value is -1.50. The Labute approximate surface area is 129 Å². The molecule has 2 atom stereocenters. The first-order valence-electron chi connectivity index (χ1n) is 7.69. The van der Waals surface area contributed by atoms with E-state index < -0.39 is 11.7 Å². The van der Waals surface area contributed by atoms with Gasteiger partial charge in [-0.1, -0.05) is 0 Å². The van der Waals surface area contributed by atoms with Gasteiger partial charge in [-0.05, 0) is 19.9 Å². The number of hydrogen-bond donors (Lipinski definition) is 1. The van der Waals surface area contributed by atoms with Gasteiger partial charge in [-0.25, -0.2) is 0 Å². The second-order valence-corrected chi connectivity index (χ2v) is 6.49. The van der Waals surface area contributed by atoms with Crippen LogP contribution in [0.15, 0.2) is 12.1 Å². The van der Waals surface area contributed by atoms with Gasteiger partial charge in [0.05, 0.1) is 19.3 Å². The molecule has 0 saturated carbocycles. The third-order valence-corrected chi connectivity index (χ3v) is 4.65. The summed E-state index contributed by atoms with van der Waals surface area (Å²) >= 11 is 0. The maximum atomic E-state index is 11.0. The standard InChI is InChI=1S/C16H21NO5/c1-16(2)15(17-3-5-19-6-4-17)14(18)10-7-12-13(21-9-20-12)8-11(10)22-16/h7-8,14-15,18H,3-6,9H2,1-2H3. The average Bonchev–Trinajstić information content (AvgIpc) is 2.93. The lowest BCUT2D eigenvalue weighted by Gasteiger charge is -2.49. The van der Waals surface area contributed by atoms with E-state index in [9.17, 15) is 5.11 Å². The van der Waals surface area contributed by atoms with Gasteiger partial charge < -0.3 is 24.1 Å². The molecular weight excluding hydrogens is 286 g/mol. The average molecular weight is 307 g/mol. The van der Waals surface area contributed by atoms with Crippen molar-refractivity contribution < 1.29 is 24.1 Å². The first-order valence-corrected chi connectivity index (χ1v) is 7.69. The number of ether oxygens (including phenoxy) is 4. The highest BCUT2D eigenvalue weighted by Crippen LogP contribution is 2.47. The molecule has 3 heterocycles. The lowest BCUT2D eigenvalue weighted by Crippen LogP contribution is -2.60. The molecule has 22 heavy (non-hydrogen) atoms. The summed E-state index contributed by atoms with van der Waals surface area (Å²) in [5, 5.41) is 11.0. The van der Waals surface area contributed by atoms with Crippen molar-refractivity contribution in [3.05, 3.63) is 17.7 Å². The Morgan fingerprint density at radius 1 is 1.09 bits per heavy atom. The van der Waals surface area contributed by atoms with Crippen LogP contribution in [-0.2, 0) is 4.74 Å². The van der Waals surface area contributed by atoms with Crippen LogP contribution in [0.25, 0.3) is 0 Å². The fraction of sp³-hybridized carbons (Fsp3) is 0.625. The zero-order chi connectivity index (χ0) is 15.3. The number of aliphatic hydroxyl groups excluding tert-OH is 1. The van der Waals surface area contributed by atoms with E-state index in [1.54, 1.807) is 0 Å². The van der Waals surface area contributed by atoms with Crippen LogP contribution >= 0.6 is 0 Å². The fourth-order valence-corrected chi connectivity index (χ4v) is 3.65. The molecule has 6 heteroatoms. The number of morpholine rings is 1. The van der Waals surface area contributed by atoms with E-state index in [1.807, 2.05) is 26.0 Å². The number of fused-ring (bicyclic) bond motifs is 2. The smallest absolute Gasteiger partial charge is 0.231 e. The van der Waals surface area contributed by atoms with E-state index in [4.69, 9.17) is 18.9 Å². The van der Waals surface area contributed by atoms with Crippen LogP contribution in [0.1, 0.15) is 25.5 Å². The zero-order valence-corrected chi connectivity index (χ0v) is 12.9. The minimum Gasteiger partial charge on any atom is -0.486 e. The molecule has 0 aliphatic carbocycles. The molecule has 6 nitrogen and oxygen atoms in total. The third kappa shape index (κ3) is 2.14. The molecule has 0 spiro atoms. The molecule has 120 valence electrons. The topological polar surface area (TPSA) is 60.4 Å². The molecule has 4 rings (SSSR count). The fourth-order valence-electron chi connectivity index (χ4n) is 3.65. The molecule has 1 fully saturated rings. The molecule has 0 amide bonds. The highest BCUT2D eigenvalue weighted by atomic mass is 16.7. The van der Waals surface area contributed by atoms with Gasteiger partial charge in [-0.15, -0.1) is 0 Å². The first kappa shape index (κ1) is 14.1. The Bertz CT molecular complexity index is 582. The van der Waals surface area contributed by atoms with Crippen molar-refractivity contribution >= 4 is 0 Å². The normalized spacial score (nSPS) is 29.8. The van der Waals surface area contributed by atoms with Crippen LogP contribution in [0, 0.1) is 0 Å². The van der Waals surface area contributed by atoms with Crippen molar-refractivity contribution in [2.45, 2.75) is 31.6 Å². The lowest BCUT2D eigenvalue weighted by atomic mass is 9.84. The second kappa shape index (κ2) is 5.01. The SMILES string of the molecule is CC1(C)Oc2cc3c(cc2C(O)C1N1CCOCC1)OCO3. The van der Waals surface area contributed by atoms with Crippen molar-refractivity contribution in [1.29, 1.82) is 0 Å². The molecule has 0 bridgehead atoms. The van der Waals surface area contributed by atoms with Crippen molar-refractivity contribution in [3.63, 3.8) is 0 Å². The molecular formula is C16H21NO5. The summed E-state index contributed by atoms with van der Waals surface area (Å²) in [5.41, 5.74) is 0.261. The van der Waals surface area contributed by atoms with Gasteiger partial charge in [0, 0.05) is 24.7 Å². The van der Waals surface area contributed by atoms with Crippen LogP contribution in [0.4, 0.5) is 0 Å². The quantitative estimate of drug-likeness (QED) is 0.844. The summed E-state index contributed by atoms with van der Waals surface area (Å²) in [4.78, 5) is 2.25. The third-order valence-electron chi connectivity index (χ3n) is 4.65. The molecule has 1 aromatic rings. The largest absolute Gasteiger partial charge is 0.486 e. The Kier molecular flexibility index (Phi) is 3.21. The van der Waals surface area contributed by atoms with Gasteiger partial charge in [0.2, 0.25) is 6.79 Å². The molecule has 1 saturated heterocycles. The van der Waals surface area contributed by atoms with E-state index >= 15 is 0 Å². The Morgan fingerprint density at radius 2 is 1.77 bits per heavy atom. The van der Waals surface area contributed by atoms with Gasteiger partial charge in [0.15, 0.2) is 11.5 Å². The summed E-state index contributed by atoms with van der Waals surface area (Å²) in [7, 11) is 0. The number of benzene rings is 1. The van der Waals surface area contributed by atoms with Gasteiger partial charge in [-0.3, -0.25) is 4.90 Å². The van der Waals surface area contributed by atoms with E-state index in [0.29, 0.717) is 30.5 Å². The highest BCUT2D eigenvalue weighted by molar-refractivity contribution is 5.54. The van der Waals surface area contributed by atoms with Crippen LogP contribution in [0.5, 0.6) is 17.2 Å². The molecule has 3 aliphatic rings. The predicted molar refractivity (Wildman–Crippen MR) is 78.4 cm³/mol. The second-order valence-electron chi connectivity index (χ2n) is 6.49. The summed E-state index contributed by atoms with van der Waals surface area (Å²) < 4.78 is 22.4. The van der Waals surface area contributed by atoms with Gasteiger partial charge in [-0.2, -0.15) is 0 Å². The summed E-state index contributed by atoms with van der Waals surface area (Å²) in [6.45, 7) is 7.22. The van der Waals surface area contributed by atoms with Crippen molar-refractivity contribution in [2.75, 3.05) is 33.1 Å². The van der Waals surface area contributed by atoms with Gasteiger partial charge in [0.1, 0.15) is 17.5 Å². The van der Waals surface area contributed by atoms with Crippen LogP contribution in [0.2, 0.25) is 0 Å². The Morgan fingerprint density at radius 3 is 2.50 bits per heavy atom. The maximum Gasteiger partial charge on any atom is 0.231 e. The number of aliphatic hydroxyl groups is 1. The van der Waals surface area contributed by atoms with Gasteiger partial charge >= 0.3 is 0 Å². The summed E-state index contributed by atoms with van der Waals surface area (Å²) in [5.74, 6) is 2.01. The number of nitrogens with zero attached hydrogens (tertiary/aromatic N) is 1. The molecule has 1 N–H and O–H groups in total. The van der Waals surface area contributed by atoms with E-state index in [-0.39, 0.29) is 12.8 Å². The van der Waals surface area contributed by atoms with Crippen molar-refractivity contribution in [1.82, 2.24) is 4.90 Å². The molecule has 0 aromatic heterocycles.